The predicted molar refractivity (Wildman–Crippen MR) is 151 cm³/mol. The van der Waals surface area contributed by atoms with E-state index < -0.39 is 0 Å². The van der Waals surface area contributed by atoms with Crippen molar-refractivity contribution in [3.8, 4) is 22.3 Å². The first-order valence-corrected chi connectivity index (χ1v) is 12.7. The van der Waals surface area contributed by atoms with Crippen molar-refractivity contribution in [3.63, 3.8) is 0 Å². The lowest BCUT2D eigenvalue weighted by atomic mass is 9.97. The van der Waals surface area contributed by atoms with E-state index in [0.29, 0.717) is 0 Å². The zero-order valence-corrected chi connectivity index (χ0v) is 19.9. The fraction of sp³-hybridized carbons (Fsp3) is 0. The van der Waals surface area contributed by atoms with Crippen molar-refractivity contribution in [1.82, 2.24) is 9.97 Å². The van der Waals surface area contributed by atoms with Crippen molar-refractivity contribution in [2.45, 2.75) is 0 Å². The number of rotatable bonds is 2. The summed E-state index contributed by atoms with van der Waals surface area (Å²) in [6.07, 6.45) is 0. The summed E-state index contributed by atoms with van der Waals surface area (Å²) in [6, 6.07) is 38.0. The van der Waals surface area contributed by atoms with Crippen molar-refractivity contribution in [2.24, 2.45) is 0 Å². The molecule has 4 heteroatoms. The summed E-state index contributed by atoms with van der Waals surface area (Å²) >= 11 is 1.70. The van der Waals surface area contributed by atoms with Crippen LogP contribution < -0.4 is 0 Å². The summed E-state index contributed by atoms with van der Waals surface area (Å²) in [6.45, 7) is 0. The zero-order chi connectivity index (χ0) is 23.6. The maximum absolute atomic E-state index is 6.30. The summed E-state index contributed by atoms with van der Waals surface area (Å²) in [4.78, 5) is 10.8. The number of furan rings is 1. The van der Waals surface area contributed by atoms with Gasteiger partial charge in [0.05, 0.1) is 11.0 Å². The molecule has 0 bridgehead atoms. The zero-order valence-electron chi connectivity index (χ0n) is 19.1. The lowest BCUT2D eigenvalue weighted by Crippen LogP contribution is -1.84. The van der Waals surface area contributed by atoms with Gasteiger partial charge < -0.3 is 4.42 Å². The largest absolute Gasteiger partial charge is 0.455 e. The minimum atomic E-state index is 0.916. The number of para-hydroxylation sites is 4. The molecule has 8 rings (SSSR count). The van der Waals surface area contributed by atoms with E-state index in [1.165, 1.54) is 4.70 Å². The minimum Gasteiger partial charge on any atom is -0.455 e. The molecule has 36 heavy (non-hydrogen) atoms. The van der Waals surface area contributed by atoms with Gasteiger partial charge in [-0.2, -0.15) is 0 Å². The highest BCUT2D eigenvalue weighted by atomic mass is 32.1. The monoisotopic (exact) mass is 478 g/mol. The second-order valence-electron chi connectivity index (χ2n) is 9.04. The van der Waals surface area contributed by atoms with Gasteiger partial charge >= 0.3 is 0 Å². The topological polar surface area (TPSA) is 38.9 Å². The summed E-state index contributed by atoms with van der Waals surface area (Å²) < 4.78 is 7.50. The van der Waals surface area contributed by atoms with Crippen LogP contribution in [-0.2, 0) is 0 Å². The minimum absolute atomic E-state index is 0.916. The highest BCUT2D eigenvalue weighted by molar-refractivity contribution is 7.25. The van der Waals surface area contributed by atoms with E-state index in [-0.39, 0.29) is 0 Å². The molecule has 8 aromatic rings. The number of thiophene rings is 1. The molecule has 0 saturated carbocycles. The van der Waals surface area contributed by atoms with Gasteiger partial charge in [-0.25, -0.2) is 9.97 Å². The molecule has 0 aliphatic carbocycles. The van der Waals surface area contributed by atoms with Crippen molar-refractivity contribution >= 4 is 64.7 Å². The normalized spacial score (nSPS) is 11.9. The third-order valence-electron chi connectivity index (χ3n) is 6.89. The van der Waals surface area contributed by atoms with E-state index >= 15 is 0 Å². The molecule has 0 radical (unpaired) electrons. The number of benzene rings is 5. The van der Waals surface area contributed by atoms with E-state index in [4.69, 9.17) is 14.4 Å². The molecule has 3 nitrogen and oxygen atoms in total. The standard InChI is InChI=1S/C32H18N2OS/c1-4-14-28-23(9-1)24-11-6-10-22(31(24)35-28)21-8-5-7-19(17-21)20-15-16-29-25(18-20)30-32(36-29)34-27-13-3-2-12-26(27)33-30/h1-18H. The van der Waals surface area contributed by atoms with Gasteiger partial charge in [0.25, 0.3) is 0 Å². The van der Waals surface area contributed by atoms with Gasteiger partial charge in [-0.3, -0.25) is 0 Å². The van der Waals surface area contributed by atoms with Crippen LogP contribution in [0.2, 0.25) is 0 Å². The predicted octanol–water partition coefficient (Wildman–Crippen LogP) is 9.23. The van der Waals surface area contributed by atoms with Gasteiger partial charge in [-0.1, -0.05) is 72.8 Å². The molecule has 0 atom stereocenters. The average Bonchev–Trinajstić information content (AvgIpc) is 3.49. The number of hydrogen-bond donors (Lipinski definition) is 0. The SMILES string of the molecule is c1cc(-c2ccc3sc4nc5ccccc5nc4c3c2)cc(-c2cccc3c2oc2ccccc23)c1. The molecule has 0 unspecified atom stereocenters. The molecular weight excluding hydrogens is 460 g/mol. The van der Waals surface area contributed by atoms with Crippen LogP contribution in [0, 0.1) is 0 Å². The molecule has 3 heterocycles. The number of nitrogens with zero attached hydrogens (tertiary/aromatic N) is 2. The van der Waals surface area contributed by atoms with Crippen molar-refractivity contribution in [1.29, 1.82) is 0 Å². The Morgan fingerprint density at radius 2 is 1.31 bits per heavy atom. The van der Waals surface area contributed by atoms with Crippen LogP contribution in [0.5, 0.6) is 0 Å². The molecule has 5 aromatic carbocycles. The Hall–Kier alpha value is -4.54. The van der Waals surface area contributed by atoms with E-state index in [9.17, 15) is 0 Å². The number of hydrogen-bond acceptors (Lipinski definition) is 4. The second kappa shape index (κ2) is 7.48. The van der Waals surface area contributed by atoms with Crippen molar-refractivity contribution in [2.75, 3.05) is 0 Å². The molecular formula is C32H18N2OS. The van der Waals surface area contributed by atoms with Crippen LogP contribution >= 0.6 is 11.3 Å². The Bertz CT molecular complexity index is 2120. The van der Waals surface area contributed by atoms with Crippen LogP contribution in [0.25, 0.3) is 75.7 Å². The van der Waals surface area contributed by atoms with E-state index in [0.717, 1.165) is 71.0 Å². The Kier molecular flexibility index (Phi) is 4.10. The van der Waals surface area contributed by atoms with Gasteiger partial charge in [-0.15, -0.1) is 11.3 Å². The van der Waals surface area contributed by atoms with Crippen LogP contribution in [0.1, 0.15) is 0 Å². The van der Waals surface area contributed by atoms with Crippen LogP contribution in [0.3, 0.4) is 0 Å². The summed E-state index contributed by atoms with van der Waals surface area (Å²) in [7, 11) is 0. The maximum atomic E-state index is 6.30. The smallest absolute Gasteiger partial charge is 0.143 e. The Labute approximate surface area is 210 Å². The quantitative estimate of drug-likeness (QED) is 0.248. The van der Waals surface area contributed by atoms with Crippen molar-refractivity contribution < 1.29 is 4.42 Å². The lowest BCUT2D eigenvalue weighted by molar-refractivity contribution is 0.670. The highest BCUT2D eigenvalue weighted by Crippen LogP contribution is 2.38. The molecule has 0 amide bonds. The Balaban J connectivity index is 1.30. The lowest BCUT2D eigenvalue weighted by Gasteiger charge is -2.07. The van der Waals surface area contributed by atoms with Crippen molar-refractivity contribution in [3.05, 3.63) is 109 Å². The third kappa shape index (κ3) is 2.92. The Morgan fingerprint density at radius 1 is 0.556 bits per heavy atom. The number of aromatic nitrogens is 2. The molecule has 0 spiro atoms. The van der Waals surface area contributed by atoms with E-state index in [1.54, 1.807) is 11.3 Å². The first-order chi connectivity index (χ1) is 17.8. The van der Waals surface area contributed by atoms with Crippen LogP contribution in [0.4, 0.5) is 0 Å². The second-order valence-corrected chi connectivity index (χ2v) is 10.1. The third-order valence-corrected chi connectivity index (χ3v) is 7.94. The van der Waals surface area contributed by atoms with Gasteiger partial charge in [0.2, 0.25) is 0 Å². The molecule has 0 fully saturated rings. The molecule has 3 aromatic heterocycles. The number of fused-ring (bicyclic) bond motifs is 7. The summed E-state index contributed by atoms with van der Waals surface area (Å²) in [5, 5.41) is 3.44. The maximum Gasteiger partial charge on any atom is 0.143 e. The summed E-state index contributed by atoms with van der Waals surface area (Å²) in [5.41, 5.74) is 9.24. The molecule has 0 aliphatic heterocycles. The Morgan fingerprint density at radius 3 is 2.25 bits per heavy atom. The van der Waals surface area contributed by atoms with Gasteiger partial charge in [-0.05, 0) is 53.1 Å². The first-order valence-electron chi connectivity index (χ1n) is 11.9. The van der Waals surface area contributed by atoms with Crippen LogP contribution in [-0.4, -0.2) is 9.97 Å². The van der Waals surface area contributed by atoms with E-state index in [2.05, 4.69) is 72.8 Å². The molecule has 168 valence electrons. The molecule has 0 saturated heterocycles. The molecule has 0 N–H and O–H groups in total. The first kappa shape index (κ1) is 19.7. The highest BCUT2D eigenvalue weighted by Gasteiger charge is 2.14. The average molecular weight is 479 g/mol. The van der Waals surface area contributed by atoms with Gasteiger partial charge in [0, 0.05) is 26.4 Å². The fourth-order valence-electron chi connectivity index (χ4n) is 5.16. The van der Waals surface area contributed by atoms with Gasteiger partial charge in [0.15, 0.2) is 0 Å². The fourth-order valence-corrected chi connectivity index (χ4v) is 6.17. The summed E-state index contributed by atoms with van der Waals surface area (Å²) in [5.74, 6) is 0. The van der Waals surface area contributed by atoms with E-state index in [1.807, 2.05) is 36.4 Å². The van der Waals surface area contributed by atoms with Gasteiger partial charge in [0.1, 0.15) is 21.5 Å². The molecule has 0 aliphatic rings. The van der Waals surface area contributed by atoms with Crippen LogP contribution in [0.15, 0.2) is 114 Å².